The van der Waals surface area contributed by atoms with Crippen LogP contribution in [0.25, 0.3) is 0 Å². The lowest BCUT2D eigenvalue weighted by molar-refractivity contribution is 0.794. The van der Waals surface area contributed by atoms with Crippen LogP contribution in [0.2, 0.25) is 0 Å². The molecule has 8 heavy (non-hydrogen) atoms. The van der Waals surface area contributed by atoms with Crippen LogP contribution in [0.5, 0.6) is 0 Å². The highest BCUT2D eigenvalue weighted by atomic mass is 35.5. The number of nitrogens with zero attached hydrogens (tertiary/aromatic N) is 1. The topological polar surface area (TPSA) is 12.4 Å². The molecule has 0 N–H and O–H groups in total. The highest BCUT2D eigenvalue weighted by molar-refractivity contribution is 8.13. The minimum absolute atomic E-state index is 0.0231. The zero-order valence-corrected chi connectivity index (χ0v) is 6.17. The van der Waals surface area contributed by atoms with Gasteiger partial charge in [0.2, 0.25) is 0 Å². The van der Waals surface area contributed by atoms with Gasteiger partial charge in [0.15, 0.2) is 0 Å². The van der Waals surface area contributed by atoms with E-state index in [0.29, 0.717) is 5.25 Å². The second-order valence-corrected chi connectivity index (χ2v) is 3.13. The van der Waals surface area contributed by atoms with Gasteiger partial charge in [-0.3, -0.25) is 4.99 Å². The van der Waals surface area contributed by atoms with E-state index in [1.54, 1.807) is 11.8 Å². The smallest absolute Gasteiger partial charge is 0.137 e. The first-order chi connectivity index (χ1) is 3.84. The average molecular weight is 149 g/mol. The van der Waals surface area contributed by atoms with Gasteiger partial charge in [-0.25, -0.2) is 0 Å². The quantitative estimate of drug-likeness (QED) is 0.409. The number of hydrogen-bond donors (Lipinski definition) is 0. The van der Waals surface area contributed by atoms with E-state index in [1.807, 2.05) is 0 Å². The van der Waals surface area contributed by atoms with E-state index in [1.165, 1.54) is 0 Å². The molecule has 0 spiro atoms. The number of thioether (sulfide) groups is 1. The van der Waals surface area contributed by atoms with E-state index in [4.69, 9.17) is 11.6 Å². The predicted molar refractivity (Wildman–Crippen MR) is 38.7 cm³/mol. The fourth-order valence-corrected chi connectivity index (χ4v) is 1.65. The molecule has 0 aliphatic carbocycles. The Morgan fingerprint density at radius 2 is 2.62 bits per heavy atom. The van der Waals surface area contributed by atoms with Gasteiger partial charge in [-0.1, -0.05) is 30.3 Å². The van der Waals surface area contributed by atoms with Gasteiger partial charge in [0, 0.05) is 5.25 Å². The van der Waals surface area contributed by atoms with E-state index in [2.05, 4.69) is 17.5 Å². The third-order valence-electron chi connectivity index (χ3n) is 1.09. The average Bonchev–Trinajstić information content (AvgIpc) is 2.14. The van der Waals surface area contributed by atoms with Crippen molar-refractivity contribution in [2.75, 3.05) is 0 Å². The van der Waals surface area contributed by atoms with E-state index in [0.717, 1.165) is 6.42 Å². The van der Waals surface area contributed by atoms with E-state index < -0.39 is 0 Å². The van der Waals surface area contributed by atoms with Crippen LogP contribution in [-0.4, -0.2) is 16.3 Å². The van der Waals surface area contributed by atoms with Gasteiger partial charge in [-0.05, 0) is 6.42 Å². The summed E-state index contributed by atoms with van der Waals surface area (Å²) in [4.78, 5) is 3.87. The van der Waals surface area contributed by atoms with Crippen molar-refractivity contribution < 1.29 is 0 Å². The van der Waals surface area contributed by atoms with Crippen LogP contribution in [0.4, 0.5) is 0 Å². The van der Waals surface area contributed by atoms with E-state index >= 15 is 0 Å². The molecule has 3 heteroatoms. The summed E-state index contributed by atoms with van der Waals surface area (Å²) in [5, 5.41) is 0.469. The SMILES string of the molecule is CCC1S[C]=NC1Cl. The molecule has 1 aliphatic heterocycles. The fourth-order valence-electron chi connectivity index (χ4n) is 0.566. The Bertz CT molecular complexity index is 105. The monoisotopic (exact) mass is 148 g/mol. The maximum Gasteiger partial charge on any atom is 0.137 e. The van der Waals surface area contributed by atoms with Gasteiger partial charge in [0.05, 0.1) is 0 Å². The van der Waals surface area contributed by atoms with Crippen molar-refractivity contribution in [3.05, 3.63) is 0 Å². The van der Waals surface area contributed by atoms with E-state index in [9.17, 15) is 0 Å². The van der Waals surface area contributed by atoms with Crippen LogP contribution < -0.4 is 0 Å². The van der Waals surface area contributed by atoms with Crippen LogP contribution >= 0.6 is 23.4 Å². The largest absolute Gasteiger partial charge is 0.255 e. The molecule has 0 amide bonds. The lowest BCUT2D eigenvalue weighted by Gasteiger charge is -2.05. The molecule has 45 valence electrons. The molecule has 1 radical (unpaired) electrons. The molecule has 2 atom stereocenters. The maximum atomic E-state index is 5.73. The van der Waals surface area contributed by atoms with Crippen LogP contribution in [-0.2, 0) is 0 Å². The molecule has 0 aromatic carbocycles. The second-order valence-electron chi connectivity index (χ2n) is 1.66. The van der Waals surface area contributed by atoms with Gasteiger partial charge in [-0.2, -0.15) is 0 Å². The Kier molecular flexibility index (Phi) is 2.20. The molecule has 1 aliphatic rings. The first kappa shape index (κ1) is 6.43. The van der Waals surface area contributed by atoms with Crippen LogP contribution in [0.15, 0.2) is 4.99 Å². The molecule has 1 rings (SSSR count). The summed E-state index contributed by atoms with van der Waals surface area (Å²) in [7, 11) is 0. The van der Waals surface area contributed by atoms with Gasteiger partial charge in [0.25, 0.3) is 0 Å². The van der Waals surface area contributed by atoms with Crippen LogP contribution in [0.3, 0.4) is 0 Å². The molecule has 0 saturated heterocycles. The number of aliphatic imine (C=N–C) groups is 1. The number of hydrogen-bond acceptors (Lipinski definition) is 2. The van der Waals surface area contributed by atoms with E-state index in [-0.39, 0.29) is 5.50 Å². The molecular formula is C5H7ClNS. The summed E-state index contributed by atoms with van der Waals surface area (Å²) < 4.78 is 0. The summed E-state index contributed by atoms with van der Waals surface area (Å²) in [5.41, 5.74) is 2.76. The molecular weight excluding hydrogens is 142 g/mol. The van der Waals surface area contributed by atoms with Crippen molar-refractivity contribution in [1.29, 1.82) is 0 Å². The first-order valence-electron chi connectivity index (χ1n) is 2.59. The fraction of sp³-hybridized carbons (Fsp3) is 0.800. The molecule has 0 saturated carbocycles. The van der Waals surface area contributed by atoms with Crippen molar-refractivity contribution in [3.8, 4) is 0 Å². The lowest BCUT2D eigenvalue weighted by atomic mass is 10.3. The molecule has 0 aromatic heterocycles. The predicted octanol–water partition coefficient (Wildman–Crippen LogP) is 1.98. The third kappa shape index (κ3) is 1.17. The van der Waals surface area contributed by atoms with Crippen molar-refractivity contribution in [2.45, 2.75) is 24.1 Å². The third-order valence-corrected chi connectivity index (χ3v) is 2.75. The summed E-state index contributed by atoms with van der Waals surface area (Å²) in [6.45, 7) is 2.11. The molecule has 0 bridgehead atoms. The Hall–Kier alpha value is 0.310. The molecule has 0 aromatic rings. The normalized spacial score (nSPS) is 36.2. The summed E-state index contributed by atoms with van der Waals surface area (Å²) in [6, 6.07) is 0. The Balaban J connectivity index is 2.38. The molecule has 0 fully saturated rings. The van der Waals surface area contributed by atoms with Crippen molar-refractivity contribution >= 4 is 28.9 Å². The Labute approximate surface area is 58.5 Å². The minimum atomic E-state index is -0.0231. The van der Waals surface area contributed by atoms with Gasteiger partial charge >= 0.3 is 0 Å². The number of alkyl halides is 1. The lowest BCUT2D eigenvalue weighted by Crippen LogP contribution is -2.08. The Morgan fingerprint density at radius 3 is 2.88 bits per heavy atom. The second kappa shape index (κ2) is 2.74. The highest BCUT2D eigenvalue weighted by Gasteiger charge is 2.20. The van der Waals surface area contributed by atoms with Crippen LogP contribution in [0.1, 0.15) is 13.3 Å². The number of halogens is 1. The van der Waals surface area contributed by atoms with Crippen molar-refractivity contribution in [2.24, 2.45) is 4.99 Å². The maximum absolute atomic E-state index is 5.73. The standard InChI is InChI=1S/C5H7ClNS/c1-2-4-5(6)7-3-8-4/h4-5H,2H2,1H3. The van der Waals surface area contributed by atoms with Gasteiger partial charge < -0.3 is 0 Å². The minimum Gasteiger partial charge on any atom is -0.255 e. The Morgan fingerprint density at radius 1 is 1.88 bits per heavy atom. The molecule has 1 heterocycles. The summed E-state index contributed by atoms with van der Waals surface area (Å²) in [6.07, 6.45) is 1.08. The summed E-state index contributed by atoms with van der Waals surface area (Å²) in [5.74, 6) is 0. The molecule has 1 nitrogen and oxygen atoms in total. The zero-order chi connectivity index (χ0) is 5.98. The first-order valence-corrected chi connectivity index (χ1v) is 3.90. The van der Waals surface area contributed by atoms with Crippen LogP contribution in [0, 0.1) is 0 Å². The highest BCUT2D eigenvalue weighted by Crippen LogP contribution is 2.26. The molecule has 2 unspecified atom stereocenters. The van der Waals surface area contributed by atoms with Gasteiger partial charge in [0.1, 0.15) is 11.0 Å². The van der Waals surface area contributed by atoms with Crippen molar-refractivity contribution in [3.63, 3.8) is 0 Å². The zero-order valence-electron chi connectivity index (χ0n) is 4.60. The number of rotatable bonds is 1. The van der Waals surface area contributed by atoms with Gasteiger partial charge in [-0.15, -0.1) is 0 Å². The van der Waals surface area contributed by atoms with Crippen molar-refractivity contribution in [1.82, 2.24) is 0 Å². The summed E-state index contributed by atoms with van der Waals surface area (Å²) >= 11 is 7.33.